The molecule has 6 rings (SSSR count). The highest BCUT2D eigenvalue weighted by atomic mass is 35.5. The van der Waals surface area contributed by atoms with Crippen LogP contribution in [0.1, 0.15) is 55.9 Å². The van der Waals surface area contributed by atoms with Crippen molar-refractivity contribution in [2.45, 2.75) is 56.9 Å². The lowest BCUT2D eigenvalue weighted by atomic mass is 9.71. The lowest BCUT2D eigenvalue weighted by Gasteiger charge is -2.48. The van der Waals surface area contributed by atoms with Gasteiger partial charge < -0.3 is 14.4 Å². The minimum Gasteiger partial charge on any atom is -0.493 e. The molecule has 0 radical (unpaired) electrons. The first-order valence-electron chi connectivity index (χ1n) is 16.2. The third kappa shape index (κ3) is 6.28. The Balaban J connectivity index is 1.51. The Morgan fingerprint density at radius 2 is 1.50 bits per heavy atom. The van der Waals surface area contributed by atoms with Crippen molar-refractivity contribution in [3.05, 3.63) is 99.0 Å². The number of aliphatic imine (C=N–C) groups is 1. The van der Waals surface area contributed by atoms with Crippen LogP contribution in [0.3, 0.4) is 0 Å². The van der Waals surface area contributed by atoms with Crippen molar-refractivity contribution in [2.75, 3.05) is 46.0 Å². The highest BCUT2D eigenvalue weighted by molar-refractivity contribution is 6.30. The van der Waals surface area contributed by atoms with Crippen LogP contribution in [0.2, 0.25) is 10.0 Å². The average Bonchev–Trinajstić information content (AvgIpc) is 3.33. The van der Waals surface area contributed by atoms with E-state index in [0.717, 1.165) is 49.2 Å². The van der Waals surface area contributed by atoms with Crippen molar-refractivity contribution in [3.8, 4) is 5.75 Å². The number of rotatable bonds is 6. The molecule has 0 spiro atoms. The molecule has 0 unspecified atom stereocenters. The van der Waals surface area contributed by atoms with Gasteiger partial charge in [-0.1, -0.05) is 47.5 Å². The van der Waals surface area contributed by atoms with E-state index in [4.69, 9.17) is 37.7 Å². The summed E-state index contributed by atoms with van der Waals surface area (Å²) in [6, 6.07) is 18.0. The summed E-state index contributed by atoms with van der Waals surface area (Å²) < 4.78 is 53.1. The Labute approximate surface area is 289 Å². The van der Waals surface area contributed by atoms with Gasteiger partial charge in [-0.15, -0.1) is 0 Å². The molecule has 256 valence electrons. The summed E-state index contributed by atoms with van der Waals surface area (Å²) in [6.07, 6.45) is -3.00. The number of amides is 2. The van der Waals surface area contributed by atoms with Gasteiger partial charge in [-0.25, -0.2) is 4.79 Å². The third-order valence-electron chi connectivity index (χ3n) is 10.1. The minimum atomic E-state index is -4.59. The number of benzene rings is 3. The third-order valence-corrected chi connectivity index (χ3v) is 10.6. The van der Waals surface area contributed by atoms with Crippen LogP contribution in [0.5, 0.6) is 5.75 Å². The molecule has 3 aromatic rings. The monoisotopic (exact) mass is 702 g/mol. The number of urea groups is 1. The van der Waals surface area contributed by atoms with E-state index in [1.165, 1.54) is 6.07 Å². The van der Waals surface area contributed by atoms with Crippen LogP contribution in [0, 0.1) is 0 Å². The van der Waals surface area contributed by atoms with Gasteiger partial charge in [0, 0.05) is 42.3 Å². The van der Waals surface area contributed by atoms with Crippen molar-refractivity contribution in [1.29, 1.82) is 0 Å². The predicted octanol–water partition coefficient (Wildman–Crippen LogP) is 8.22. The molecule has 2 atom stereocenters. The quantitative estimate of drug-likeness (QED) is 0.260. The first-order valence-corrected chi connectivity index (χ1v) is 17.0. The molecule has 2 fully saturated rings. The van der Waals surface area contributed by atoms with E-state index in [1.54, 1.807) is 36.1 Å². The fraction of sp³-hybridized carbons (Fsp3) is 0.444. The molecule has 3 aromatic carbocycles. The Hall–Kier alpha value is -3.31. The van der Waals surface area contributed by atoms with Gasteiger partial charge in [0.05, 0.1) is 30.9 Å². The molecule has 0 bridgehead atoms. The highest BCUT2D eigenvalue weighted by Crippen LogP contribution is 2.54. The minimum absolute atomic E-state index is 0.00582. The second-order valence-corrected chi connectivity index (χ2v) is 13.6. The zero-order valence-electron chi connectivity index (χ0n) is 27.2. The summed E-state index contributed by atoms with van der Waals surface area (Å²) in [5.74, 6) is 0.219. The maximum atomic E-state index is 15.1. The zero-order chi connectivity index (χ0) is 34.3. The molecule has 0 aliphatic carbocycles. The van der Waals surface area contributed by atoms with Crippen molar-refractivity contribution in [1.82, 2.24) is 14.7 Å². The number of ether oxygens (including phenoxy) is 2. The second kappa shape index (κ2) is 13.5. The van der Waals surface area contributed by atoms with E-state index in [1.807, 2.05) is 43.0 Å². The number of morpholine rings is 1. The first-order chi connectivity index (χ1) is 22.9. The summed E-state index contributed by atoms with van der Waals surface area (Å²) in [5, 5.41) is 1.06. The second-order valence-electron chi connectivity index (χ2n) is 12.7. The van der Waals surface area contributed by atoms with Gasteiger partial charge in [-0.05, 0) is 87.2 Å². The van der Waals surface area contributed by atoms with Crippen LogP contribution in [-0.4, -0.2) is 78.6 Å². The Morgan fingerprint density at radius 1 is 0.917 bits per heavy atom. The van der Waals surface area contributed by atoms with Crippen molar-refractivity contribution >= 4 is 35.1 Å². The van der Waals surface area contributed by atoms with E-state index >= 15 is 4.79 Å². The normalized spacial score (nSPS) is 24.1. The van der Waals surface area contributed by atoms with E-state index in [-0.39, 0.29) is 24.2 Å². The molecule has 3 heterocycles. The van der Waals surface area contributed by atoms with Crippen molar-refractivity contribution in [3.63, 3.8) is 0 Å². The van der Waals surface area contributed by atoms with Gasteiger partial charge in [-0.2, -0.15) is 13.2 Å². The molecule has 0 aromatic heterocycles. The number of piperidine rings is 1. The van der Waals surface area contributed by atoms with Crippen molar-refractivity contribution < 1.29 is 27.4 Å². The maximum Gasteiger partial charge on any atom is 0.416 e. The predicted molar refractivity (Wildman–Crippen MR) is 181 cm³/mol. The Morgan fingerprint density at radius 3 is 2.06 bits per heavy atom. The van der Waals surface area contributed by atoms with Crippen LogP contribution in [-0.2, 0) is 22.0 Å². The molecular weight excluding hydrogens is 664 g/mol. The summed E-state index contributed by atoms with van der Waals surface area (Å²) in [6.45, 7) is 9.88. The van der Waals surface area contributed by atoms with Crippen LogP contribution in [0.4, 0.5) is 18.0 Å². The molecule has 2 amide bonds. The summed E-state index contributed by atoms with van der Waals surface area (Å²) in [5.41, 5.74) is -1.31. The zero-order valence-corrected chi connectivity index (χ0v) is 28.7. The summed E-state index contributed by atoms with van der Waals surface area (Å²) in [4.78, 5) is 26.3. The maximum absolute atomic E-state index is 15.1. The molecule has 7 nitrogen and oxygen atoms in total. The number of likely N-dealkylation sites (tertiary alicyclic amines) is 1. The van der Waals surface area contributed by atoms with Gasteiger partial charge in [-0.3, -0.25) is 14.8 Å². The number of amidine groups is 1. The number of nitrogens with zero attached hydrogens (tertiary/aromatic N) is 4. The molecule has 3 aliphatic rings. The SMILES string of the molecule is CCOc1cc(C(F)(F)F)ccc1C1=N[C@@](C)(c2ccc(Cl)cc2)[C@@](C)(c2ccc(Cl)cc2)N1C(=O)N1CCC(N2CCOCC2)CC1. The Bertz CT molecular complexity index is 1660. The molecule has 0 N–H and O–H groups in total. The molecule has 0 saturated carbocycles. The number of carbonyl (C=O) groups is 1. The highest BCUT2D eigenvalue weighted by Gasteiger charge is 2.60. The number of alkyl halides is 3. The van der Waals surface area contributed by atoms with E-state index in [2.05, 4.69) is 4.90 Å². The van der Waals surface area contributed by atoms with Crippen LogP contribution in [0.25, 0.3) is 0 Å². The van der Waals surface area contributed by atoms with Gasteiger partial charge >= 0.3 is 12.2 Å². The van der Waals surface area contributed by atoms with E-state index < -0.39 is 22.8 Å². The fourth-order valence-electron chi connectivity index (χ4n) is 7.23. The standard InChI is InChI=1S/C36H39Cl2F3N4O3/c1-4-48-31-23-26(36(39,40)41)9-14-30(31)32-42-34(2,24-5-10-27(37)11-6-24)35(3,25-7-12-28(38)13-8-25)45(32)33(46)44-17-15-29(16-18-44)43-19-21-47-22-20-43/h5-14,23,29H,4,15-22H2,1-3H3/t34-,35+/m0/s1. The molecule has 48 heavy (non-hydrogen) atoms. The first kappa shape index (κ1) is 34.5. The molecule has 3 aliphatic heterocycles. The van der Waals surface area contributed by atoms with Gasteiger partial charge in [0.25, 0.3) is 0 Å². The van der Waals surface area contributed by atoms with E-state index in [0.29, 0.717) is 48.0 Å². The van der Waals surface area contributed by atoms with Crippen LogP contribution in [0.15, 0.2) is 71.7 Å². The fourth-order valence-corrected chi connectivity index (χ4v) is 7.48. The summed E-state index contributed by atoms with van der Waals surface area (Å²) in [7, 11) is 0. The number of carbonyl (C=O) groups excluding carboxylic acids is 1. The van der Waals surface area contributed by atoms with E-state index in [9.17, 15) is 13.2 Å². The van der Waals surface area contributed by atoms with Gasteiger partial charge in [0.15, 0.2) is 0 Å². The van der Waals surface area contributed by atoms with Gasteiger partial charge in [0.1, 0.15) is 22.7 Å². The Kier molecular flexibility index (Phi) is 9.74. The topological polar surface area (TPSA) is 57.6 Å². The van der Waals surface area contributed by atoms with Gasteiger partial charge in [0.2, 0.25) is 0 Å². The smallest absolute Gasteiger partial charge is 0.416 e. The lowest BCUT2D eigenvalue weighted by molar-refractivity contribution is -0.137. The lowest BCUT2D eigenvalue weighted by Crippen LogP contribution is -2.60. The molecular formula is C36H39Cl2F3N4O3. The number of halogens is 5. The molecule has 2 saturated heterocycles. The van der Waals surface area contributed by atoms with Crippen LogP contribution >= 0.6 is 23.2 Å². The number of hydrogen-bond donors (Lipinski definition) is 0. The van der Waals surface area contributed by atoms with Crippen molar-refractivity contribution in [2.24, 2.45) is 4.99 Å². The molecule has 12 heteroatoms. The largest absolute Gasteiger partial charge is 0.493 e. The summed E-state index contributed by atoms with van der Waals surface area (Å²) >= 11 is 12.7. The van der Waals surface area contributed by atoms with Crippen LogP contribution < -0.4 is 4.74 Å². The number of hydrogen-bond acceptors (Lipinski definition) is 5. The average molecular weight is 704 g/mol.